The molecule has 46 heavy (non-hydrogen) atoms. The van der Waals surface area contributed by atoms with E-state index in [1.807, 2.05) is 0 Å². The van der Waals surface area contributed by atoms with Crippen molar-refractivity contribution in [3.8, 4) is 22.8 Å². The Bertz CT molecular complexity index is 1530. The maximum atomic E-state index is 12.7. The zero-order valence-corrected chi connectivity index (χ0v) is 27.6. The lowest BCUT2D eigenvalue weighted by Crippen LogP contribution is -2.25. The molecule has 0 amide bonds. The fourth-order valence-corrected chi connectivity index (χ4v) is 6.36. The lowest BCUT2D eigenvalue weighted by atomic mass is 9.79. The van der Waals surface area contributed by atoms with Gasteiger partial charge in [0.2, 0.25) is 5.88 Å². The molecule has 0 radical (unpaired) electrons. The molecule has 0 aliphatic heterocycles. The zero-order chi connectivity index (χ0) is 33.6. The molecule has 0 spiro atoms. The molecule has 2 unspecified atom stereocenters. The molecule has 0 N–H and O–H groups in total. The number of ether oxygens (including phenoxy) is 3. The first-order valence-corrected chi connectivity index (χ1v) is 16.2. The number of halogens is 3. The Kier molecular flexibility index (Phi) is 11.1. The summed E-state index contributed by atoms with van der Waals surface area (Å²) in [7, 11) is 0. The number of esters is 1. The number of benzene rings is 1. The molecule has 1 fully saturated rings. The Hall–Kier alpha value is -3.56. The molecule has 4 rings (SSSR count). The highest BCUT2D eigenvalue weighted by Gasteiger charge is 2.67. The van der Waals surface area contributed by atoms with Crippen molar-refractivity contribution in [2.45, 2.75) is 105 Å². The second-order valence-electron chi connectivity index (χ2n) is 14.2. The SMILES string of the molecule is CC(C)(C)CC1(C)CC1(C)C(=O)OCCCCCCCCCCOc1cc2oc(=O)c(-c3ccc(OC(F)(F)F)cc3)cc2cn1. The van der Waals surface area contributed by atoms with Gasteiger partial charge in [-0.15, -0.1) is 13.2 Å². The van der Waals surface area contributed by atoms with E-state index in [0.717, 1.165) is 76.3 Å². The van der Waals surface area contributed by atoms with Crippen LogP contribution < -0.4 is 15.1 Å². The van der Waals surface area contributed by atoms with Gasteiger partial charge in [0.1, 0.15) is 11.3 Å². The van der Waals surface area contributed by atoms with Crippen molar-refractivity contribution >= 4 is 16.9 Å². The molecule has 2 aromatic heterocycles. The molecule has 10 heteroatoms. The summed E-state index contributed by atoms with van der Waals surface area (Å²) >= 11 is 0. The number of carbonyl (C=O) groups is 1. The predicted octanol–water partition coefficient (Wildman–Crippen LogP) is 9.65. The van der Waals surface area contributed by atoms with Crippen molar-refractivity contribution in [2.24, 2.45) is 16.2 Å². The molecule has 1 aromatic carbocycles. The first-order chi connectivity index (χ1) is 21.6. The third-order valence-electron chi connectivity index (χ3n) is 8.83. The number of unbranched alkanes of at least 4 members (excludes halogenated alkanes) is 7. The number of alkyl halides is 3. The topological polar surface area (TPSA) is 87.9 Å². The van der Waals surface area contributed by atoms with E-state index in [1.165, 1.54) is 18.3 Å². The lowest BCUT2D eigenvalue weighted by Gasteiger charge is -2.26. The summed E-state index contributed by atoms with van der Waals surface area (Å²) in [6.07, 6.45) is 7.06. The van der Waals surface area contributed by atoms with E-state index in [0.29, 0.717) is 35.6 Å². The average molecular weight is 646 g/mol. The second kappa shape index (κ2) is 14.5. The largest absolute Gasteiger partial charge is 0.573 e. The second-order valence-corrected chi connectivity index (χ2v) is 14.2. The van der Waals surface area contributed by atoms with Crippen LogP contribution in [-0.4, -0.2) is 30.5 Å². The molecule has 1 saturated carbocycles. The van der Waals surface area contributed by atoms with E-state index in [1.54, 1.807) is 12.1 Å². The number of rotatable bonds is 16. The van der Waals surface area contributed by atoms with Gasteiger partial charge in [0.15, 0.2) is 0 Å². The molecule has 2 heterocycles. The van der Waals surface area contributed by atoms with Gasteiger partial charge in [-0.3, -0.25) is 4.79 Å². The van der Waals surface area contributed by atoms with E-state index < -0.39 is 12.0 Å². The third kappa shape index (κ3) is 9.72. The van der Waals surface area contributed by atoms with E-state index in [4.69, 9.17) is 13.9 Å². The minimum atomic E-state index is -4.79. The van der Waals surface area contributed by atoms with Gasteiger partial charge in [-0.05, 0) is 67.2 Å². The molecule has 1 aliphatic rings. The van der Waals surface area contributed by atoms with Crippen LogP contribution in [0.25, 0.3) is 22.1 Å². The van der Waals surface area contributed by atoms with Crippen molar-refractivity contribution in [3.63, 3.8) is 0 Å². The molecule has 0 bridgehead atoms. The highest BCUT2D eigenvalue weighted by atomic mass is 19.4. The number of hydrogen-bond donors (Lipinski definition) is 0. The summed E-state index contributed by atoms with van der Waals surface area (Å²) in [6.45, 7) is 11.9. The first-order valence-electron chi connectivity index (χ1n) is 16.2. The molecule has 2 atom stereocenters. The summed E-state index contributed by atoms with van der Waals surface area (Å²) in [4.78, 5) is 29.5. The van der Waals surface area contributed by atoms with Crippen LogP contribution in [0, 0.1) is 16.2 Å². The summed E-state index contributed by atoms with van der Waals surface area (Å²) < 4.78 is 58.0. The van der Waals surface area contributed by atoms with Crippen molar-refractivity contribution in [1.82, 2.24) is 4.98 Å². The Morgan fingerprint density at radius 2 is 1.52 bits per heavy atom. The summed E-state index contributed by atoms with van der Waals surface area (Å²) in [5.41, 5.74) is 0.191. The maximum absolute atomic E-state index is 12.7. The van der Waals surface area contributed by atoms with Gasteiger partial charge in [-0.1, -0.05) is 78.4 Å². The highest BCUT2D eigenvalue weighted by Crippen LogP contribution is 2.68. The fourth-order valence-electron chi connectivity index (χ4n) is 6.36. The molecule has 7 nitrogen and oxygen atoms in total. The molecule has 252 valence electrons. The van der Waals surface area contributed by atoms with Gasteiger partial charge in [0, 0.05) is 17.6 Å². The van der Waals surface area contributed by atoms with Gasteiger partial charge >= 0.3 is 18.0 Å². The first kappa shape index (κ1) is 35.3. The minimum absolute atomic E-state index is 0.0373. The smallest absolute Gasteiger partial charge is 0.478 e. The van der Waals surface area contributed by atoms with Crippen LogP contribution in [0.5, 0.6) is 11.6 Å². The van der Waals surface area contributed by atoms with E-state index in [2.05, 4.69) is 44.3 Å². The van der Waals surface area contributed by atoms with Gasteiger partial charge in [-0.2, -0.15) is 0 Å². The number of aromatic nitrogens is 1. The fraction of sp³-hybridized carbons (Fsp3) is 0.583. The van der Waals surface area contributed by atoms with Gasteiger partial charge in [-0.25, -0.2) is 9.78 Å². The maximum Gasteiger partial charge on any atom is 0.573 e. The number of nitrogens with zero attached hydrogens (tertiary/aromatic N) is 1. The minimum Gasteiger partial charge on any atom is -0.478 e. The van der Waals surface area contributed by atoms with Gasteiger partial charge in [0.05, 0.1) is 24.2 Å². The molecular formula is C36H46F3NO6. The van der Waals surface area contributed by atoms with Crippen LogP contribution >= 0.6 is 0 Å². The monoisotopic (exact) mass is 645 g/mol. The Morgan fingerprint density at radius 1 is 0.913 bits per heavy atom. The third-order valence-corrected chi connectivity index (χ3v) is 8.83. The van der Waals surface area contributed by atoms with Crippen LogP contribution in [0.3, 0.4) is 0 Å². The van der Waals surface area contributed by atoms with Crippen molar-refractivity contribution in [3.05, 3.63) is 53.0 Å². The van der Waals surface area contributed by atoms with Crippen molar-refractivity contribution in [1.29, 1.82) is 0 Å². The summed E-state index contributed by atoms with van der Waals surface area (Å²) in [5, 5.41) is 0.562. The normalized spacial score (nSPS) is 19.7. The Balaban J connectivity index is 1.08. The number of hydrogen-bond acceptors (Lipinski definition) is 7. The van der Waals surface area contributed by atoms with Crippen LogP contribution in [0.15, 0.2) is 51.8 Å². The zero-order valence-electron chi connectivity index (χ0n) is 27.6. The lowest BCUT2D eigenvalue weighted by molar-refractivity contribution is -0.274. The van der Waals surface area contributed by atoms with Crippen LogP contribution in [0.4, 0.5) is 13.2 Å². The Morgan fingerprint density at radius 3 is 2.13 bits per heavy atom. The molecular weight excluding hydrogens is 599 g/mol. The van der Waals surface area contributed by atoms with E-state index >= 15 is 0 Å². The van der Waals surface area contributed by atoms with Crippen LogP contribution in [-0.2, 0) is 9.53 Å². The standard InChI is InChI=1S/C36H46F3NO6/c1-33(2,3)23-34(4)24-35(34,5)32(42)44-19-13-11-9-7-6-8-10-12-18-43-30-21-29-26(22-40-30)20-28(31(41)45-29)25-14-16-27(17-15-25)46-36(37,38)39/h14-17,20-22H,6-13,18-19,23-24H2,1-5H3. The van der Waals surface area contributed by atoms with Crippen LogP contribution in [0.2, 0.25) is 0 Å². The molecule has 1 aliphatic carbocycles. The van der Waals surface area contributed by atoms with Crippen molar-refractivity contribution < 1.29 is 36.6 Å². The van der Waals surface area contributed by atoms with Gasteiger partial charge < -0.3 is 18.6 Å². The number of carbonyl (C=O) groups excluding carboxylic acids is 1. The van der Waals surface area contributed by atoms with E-state index in [-0.39, 0.29) is 33.5 Å². The quantitative estimate of drug-likeness (QED) is 0.113. The Labute approximate surface area is 268 Å². The number of pyridine rings is 1. The van der Waals surface area contributed by atoms with Crippen LogP contribution in [0.1, 0.15) is 98.8 Å². The summed E-state index contributed by atoms with van der Waals surface area (Å²) in [6, 6.07) is 8.15. The summed E-state index contributed by atoms with van der Waals surface area (Å²) in [5.74, 6) is -0.0596. The van der Waals surface area contributed by atoms with Crippen molar-refractivity contribution in [2.75, 3.05) is 13.2 Å². The number of fused-ring (bicyclic) bond motifs is 1. The molecule has 0 saturated heterocycles. The average Bonchev–Trinajstić information content (AvgIpc) is 3.51. The van der Waals surface area contributed by atoms with Gasteiger partial charge in [0.25, 0.3) is 0 Å². The molecule has 3 aromatic rings. The highest BCUT2D eigenvalue weighted by molar-refractivity contribution is 5.82. The van der Waals surface area contributed by atoms with E-state index in [9.17, 15) is 22.8 Å². The predicted molar refractivity (Wildman–Crippen MR) is 171 cm³/mol.